The van der Waals surface area contributed by atoms with Gasteiger partial charge in [-0.2, -0.15) is 0 Å². The van der Waals surface area contributed by atoms with Gasteiger partial charge in [0, 0.05) is 24.6 Å². The maximum absolute atomic E-state index is 11.8. The summed E-state index contributed by atoms with van der Waals surface area (Å²) in [5.74, 6) is 0.402. The predicted molar refractivity (Wildman–Crippen MR) is 66.3 cm³/mol. The number of carbonyl (C=O) groups excluding carboxylic acids is 1. The number of amides is 2. The van der Waals surface area contributed by atoms with E-state index in [0.717, 1.165) is 6.42 Å². The molecular weight excluding hydrogens is 234 g/mol. The summed E-state index contributed by atoms with van der Waals surface area (Å²) in [7, 11) is 1.70. The topological polar surface area (TPSA) is 76.4 Å². The van der Waals surface area contributed by atoms with E-state index >= 15 is 0 Å². The van der Waals surface area contributed by atoms with Crippen molar-refractivity contribution in [2.24, 2.45) is 5.41 Å². The summed E-state index contributed by atoms with van der Waals surface area (Å²) in [5, 5.41) is 9.15. The first-order chi connectivity index (χ1) is 8.39. The standard InChI is InChI=1S/C12H19N3O3/c1-11(2)8(7-12(11,3)17-4)13-10(16)14-9-5-6-18-15-9/h5-6,8H,7H2,1-4H3,(H2,13,14,15,16)/t8-,12+/m1/s1. The van der Waals surface area contributed by atoms with E-state index in [4.69, 9.17) is 4.74 Å². The number of hydrogen-bond donors (Lipinski definition) is 2. The molecule has 1 aromatic heterocycles. The second-order valence-electron chi connectivity index (χ2n) is 5.40. The summed E-state index contributed by atoms with van der Waals surface area (Å²) in [6.07, 6.45) is 2.20. The average molecular weight is 253 g/mol. The number of anilines is 1. The molecule has 1 fully saturated rings. The highest BCUT2D eigenvalue weighted by atomic mass is 16.5. The second-order valence-corrected chi connectivity index (χ2v) is 5.40. The fraction of sp³-hybridized carbons (Fsp3) is 0.667. The fourth-order valence-electron chi connectivity index (χ4n) is 2.31. The Labute approximate surface area is 106 Å². The van der Waals surface area contributed by atoms with E-state index < -0.39 is 0 Å². The van der Waals surface area contributed by atoms with Crippen LogP contribution in [0.15, 0.2) is 16.9 Å². The molecule has 0 bridgehead atoms. The normalized spacial score (nSPS) is 29.4. The number of carbonyl (C=O) groups is 1. The molecule has 0 unspecified atom stereocenters. The van der Waals surface area contributed by atoms with Crippen LogP contribution in [0.4, 0.5) is 10.6 Å². The van der Waals surface area contributed by atoms with Crippen molar-refractivity contribution in [1.29, 1.82) is 0 Å². The van der Waals surface area contributed by atoms with Crippen molar-refractivity contribution in [2.45, 2.75) is 38.8 Å². The number of nitrogens with zero attached hydrogens (tertiary/aromatic N) is 1. The summed E-state index contributed by atoms with van der Waals surface area (Å²) in [4.78, 5) is 11.8. The molecule has 1 aliphatic rings. The molecule has 2 amide bonds. The van der Waals surface area contributed by atoms with Gasteiger partial charge in [0.05, 0.1) is 5.60 Å². The number of urea groups is 1. The Morgan fingerprint density at radius 1 is 1.56 bits per heavy atom. The maximum Gasteiger partial charge on any atom is 0.320 e. The Morgan fingerprint density at radius 2 is 2.28 bits per heavy atom. The highest BCUT2D eigenvalue weighted by Crippen LogP contribution is 2.51. The van der Waals surface area contributed by atoms with Crippen LogP contribution in [-0.4, -0.2) is 29.9 Å². The van der Waals surface area contributed by atoms with E-state index in [1.807, 2.05) is 0 Å². The second kappa shape index (κ2) is 4.28. The zero-order valence-electron chi connectivity index (χ0n) is 11.1. The van der Waals surface area contributed by atoms with E-state index in [-0.39, 0.29) is 23.1 Å². The molecule has 18 heavy (non-hydrogen) atoms. The van der Waals surface area contributed by atoms with Crippen LogP contribution >= 0.6 is 0 Å². The van der Waals surface area contributed by atoms with Gasteiger partial charge in [-0.3, -0.25) is 5.32 Å². The average Bonchev–Trinajstić information content (AvgIpc) is 2.80. The van der Waals surface area contributed by atoms with E-state index in [2.05, 4.69) is 41.1 Å². The molecule has 1 aromatic rings. The number of ether oxygens (including phenoxy) is 1. The van der Waals surface area contributed by atoms with Gasteiger partial charge < -0.3 is 14.6 Å². The van der Waals surface area contributed by atoms with Crippen LogP contribution in [0.1, 0.15) is 27.2 Å². The van der Waals surface area contributed by atoms with Crippen LogP contribution in [0, 0.1) is 5.41 Å². The number of nitrogens with one attached hydrogen (secondary N) is 2. The molecule has 6 nitrogen and oxygen atoms in total. The van der Waals surface area contributed by atoms with E-state index in [0.29, 0.717) is 5.82 Å². The Hall–Kier alpha value is -1.56. The lowest BCUT2D eigenvalue weighted by atomic mass is 9.56. The lowest BCUT2D eigenvalue weighted by molar-refractivity contribution is -0.177. The van der Waals surface area contributed by atoms with Crippen LogP contribution in [0.2, 0.25) is 0 Å². The number of aromatic nitrogens is 1. The van der Waals surface area contributed by atoms with Crippen LogP contribution in [0.25, 0.3) is 0 Å². The zero-order chi connectivity index (χ0) is 13.4. The molecule has 6 heteroatoms. The Morgan fingerprint density at radius 3 is 2.78 bits per heavy atom. The monoisotopic (exact) mass is 253 g/mol. The summed E-state index contributed by atoms with van der Waals surface area (Å²) >= 11 is 0. The van der Waals surface area contributed by atoms with Crippen molar-refractivity contribution in [3.8, 4) is 0 Å². The SMILES string of the molecule is CO[C@@]1(C)C[C@@H](NC(=O)Nc2ccon2)C1(C)C. The molecule has 2 N–H and O–H groups in total. The van der Waals surface area contributed by atoms with E-state index in [9.17, 15) is 4.79 Å². The Kier molecular flexibility index (Phi) is 3.06. The van der Waals surface area contributed by atoms with Crippen molar-refractivity contribution in [3.05, 3.63) is 12.3 Å². The summed E-state index contributed by atoms with van der Waals surface area (Å²) < 4.78 is 10.1. The zero-order valence-corrected chi connectivity index (χ0v) is 11.1. The van der Waals surface area contributed by atoms with Crippen LogP contribution in [-0.2, 0) is 4.74 Å². The molecule has 2 atom stereocenters. The van der Waals surface area contributed by atoms with Gasteiger partial charge in [-0.15, -0.1) is 0 Å². The minimum Gasteiger partial charge on any atom is -0.378 e. The van der Waals surface area contributed by atoms with Gasteiger partial charge in [0.1, 0.15) is 6.26 Å². The molecule has 1 aliphatic carbocycles. The molecule has 0 radical (unpaired) electrons. The van der Waals surface area contributed by atoms with Crippen LogP contribution in [0.5, 0.6) is 0 Å². The van der Waals surface area contributed by atoms with Gasteiger partial charge in [-0.05, 0) is 13.3 Å². The lowest BCUT2D eigenvalue weighted by Gasteiger charge is -2.58. The minimum atomic E-state index is -0.278. The van der Waals surface area contributed by atoms with Crippen molar-refractivity contribution in [1.82, 2.24) is 10.5 Å². The number of rotatable bonds is 3. The van der Waals surface area contributed by atoms with Gasteiger partial charge in [0.25, 0.3) is 0 Å². The molecule has 2 rings (SSSR count). The molecule has 1 heterocycles. The quantitative estimate of drug-likeness (QED) is 0.863. The molecule has 0 saturated heterocycles. The van der Waals surface area contributed by atoms with Crippen molar-refractivity contribution < 1.29 is 14.1 Å². The predicted octanol–water partition coefficient (Wildman–Crippen LogP) is 2.00. The van der Waals surface area contributed by atoms with Gasteiger partial charge in [0.15, 0.2) is 5.82 Å². The van der Waals surface area contributed by atoms with Crippen molar-refractivity contribution in [2.75, 3.05) is 12.4 Å². The lowest BCUT2D eigenvalue weighted by Crippen LogP contribution is -2.68. The molecule has 0 aromatic carbocycles. The third-order valence-electron chi connectivity index (χ3n) is 4.26. The van der Waals surface area contributed by atoms with Gasteiger partial charge >= 0.3 is 6.03 Å². The molecular formula is C12H19N3O3. The van der Waals surface area contributed by atoms with Gasteiger partial charge in [0.2, 0.25) is 0 Å². The maximum atomic E-state index is 11.8. The highest BCUT2D eigenvalue weighted by molar-refractivity contribution is 5.88. The molecule has 100 valence electrons. The summed E-state index contributed by atoms with van der Waals surface area (Å²) in [6.45, 7) is 6.23. The molecule has 1 saturated carbocycles. The summed E-state index contributed by atoms with van der Waals surface area (Å²) in [6, 6.07) is 1.39. The van der Waals surface area contributed by atoms with Crippen molar-refractivity contribution >= 4 is 11.8 Å². The highest BCUT2D eigenvalue weighted by Gasteiger charge is 2.58. The van der Waals surface area contributed by atoms with Gasteiger partial charge in [-0.25, -0.2) is 4.79 Å². The first kappa shape index (κ1) is 12.9. The third kappa shape index (κ3) is 1.96. The fourth-order valence-corrected chi connectivity index (χ4v) is 2.31. The van der Waals surface area contributed by atoms with Crippen LogP contribution < -0.4 is 10.6 Å². The number of methoxy groups -OCH3 is 1. The molecule has 0 aliphatic heterocycles. The summed E-state index contributed by atoms with van der Waals surface area (Å²) in [5.41, 5.74) is -0.304. The largest absolute Gasteiger partial charge is 0.378 e. The smallest absolute Gasteiger partial charge is 0.320 e. The minimum absolute atomic E-state index is 0.0781. The third-order valence-corrected chi connectivity index (χ3v) is 4.26. The Bertz CT molecular complexity index is 430. The first-order valence-corrected chi connectivity index (χ1v) is 5.92. The van der Waals surface area contributed by atoms with E-state index in [1.54, 1.807) is 13.2 Å². The first-order valence-electron chi connectivity index (χ1n) is 5.92. The number of hydrogen-bond acceptors (Lipinski definition) is 4. The Balaban J connectivity index is 1.90. The van der Waals surface area contributed by atoms with Gasteiger partial charge in [-0.1, -0.05) is 19.0 Å². The van der Waals surface area contributed by atoms with Crippen molar-refractivity contribution in [3.63, 3.8) is 0 Å². The van der Waals surface area contributed by atoms with Crippen LogP contribution in [0.3, 0.4) is 0 Å². The van der Waals surface area contributed by atoms with E-state index in [1.165, 1.54) is 6.26 Å². The molecule has 0 spiro atoms.